The van der Waals surface area contributed by atoms with Crippen molar-refractivity contribution in [3.63, 3.8) is 0 Å². The van der Waals surface area contributed by atoms with Crippen LogP contribution >= 0.6 is 0 Å². The lowest BCUT2D eigenvalue weighted by atomic mass is 10.1. The highest BCUT2D eigenvalue weighted by Crippen LogP contribution is 2.23. The van der Waals surface area contributed by atoms with Crippen molar-refractivity contribution in [1.29, 1.82) is 0 Å². The van der Waals surface area contributed by atoms with Crippen molar-refractivity contribution in [2.75, 3.05) is 0 Å². The van der Waals surface area contributed by atoms with Gasteiger partial charge in [0.05, 0.1) is 12.2 Å². The van der Waals surface area contributed by atoms with E-state index in [1.165, 1.54) is 11.1 Å². The van der Waals surface area contributed by atoms with Gasteiger partial charge in [0, 0.05) is 12.0 Å². The zero-order valence-corrected chi connectivity index (χ0v) is 12.7. The normalized spacial score (nSPS) is 10.6. The number of aromatic nitrogens is 3. The van der Waals surface area contributed by atoms with Crippen LogP contribution in [0.15, 0.2) is 67.3 Å². The van der Waals surface area contributed by atoms with E-state index in [0.29, 0.717) is 0 Å². The number of aryl methyl sites for hydroxylation is 1. The van der Waals surface area contributed by atoms with E-state index in [-0.39, 0.29) is 0 Å². The van der Waals surface area contributed by atoms with Gasteiger partial charge in [0.15, 0.2) is 0 Å². The number of hydrogen-bond acceptors (Lipinski definition) is 2. The molecule has 3 rings (SSSR count). The van der Waals surface area contributed by atoms with Crippen LogP contribution in [0.2, 0.25) is 0 Å². The van der Waals surface area contributed by atoms with Gasteiger partial charge in [-0.2, -0.15) is 0 Å². The average molecular weight is 289 g/mol. The standard InChI is InChI=1S/C19H19N3/c1-3-7-18-19(17-12-10-15(2)11-13-17)20-21-22(18)14-16-8-5-4-6-9-16/h3-6,8-13H,1,7,14H2,2H3. The van der Waals surface area contributed by atoms with Gasteiger partial charge in [0.1, 0.15) is 5.69 Å². The molecule has 110 valence electrons. The molecule has 0 atom stereocenters. The van der Waals surface area contributed by atoms with Gasteiger partial charge in [-0.15, -0.1) is 11.7 Å². The molecule has 1 aromatic heterocycles. The zero-order chi connectivity index (χ0) is 15.4. The first kappa shape index (κ1) is 14.3. The topological polar surface area (TPSA) is 30.7 Å². The maximum atomic E-state index is 4.40. The molecule has 0 amide bonds. The highest BCUT2D eigenvalue weighted by atomic mass is 15.4. The van der Waals surface area contributed by atoms with Gasteiger partial charge in [-0.1, -0.05) is 71.5 Å². The smallest absolute Gasteiger partial charge is 0.116 e. The first-order valence-electron chi connectivity index (χ1n) is 7.42. The minimum atomic E-state index is 0.725. The van der Waals surface area contributed by atoms with Crippen molar-refractivity contribution >= 4 is 0 Å². The number of rotatable bonds is 5. The summed E-state index contributed by atoms with van der Waals surface area (Å²) in [7, 11) is 0. The van der Waals surface area contributed by atoms with Gasteiger partial charge < -0.3 is 0 Å². The Morgan fingerprint density at radius 3 is 2.45 bits per heavy atom. The number of hydrogen-bond donors (Lipinski definition) is 0. The molecular weight excluding hydrogens is 270 g/mol. The first-order valence-corrected chi connectivity index (χ1v) is 7.42. The Hall–Kier alpha value is -2.68. The molecule has 0 aliphatic rings. The third-order valence-corrected chi connectivity index (χ3v) is 3.68. The molecule has 3 nitrogen and oxygen atoms in total. The molecule has 0 bridgehead atoms. The molecule has 0 spiro atoms. The fourth-order valence-electron chi connectivity index (χ4n) is 2.49. The molecule has 0 aliphatic heterocycles. The second kappa shape index (κ2) is 6.39. The maximum Gasteiger partial charge on any atom is 0.116 e. The van der Waals surface area contributed by atoms with Crippen molar-refractivity contribution in [1.82, 2.24) is 15.0 Å². The monoisotopic (exact) mass is 289 g/mol. The summed E-state index contributed by atoms with van der Waals surface area (Å²) in [5, 5.41) is 8.74. The van der Waals surface area contributed by atoms with Crippen LogP contribution in [-0.4, -0.2) is 15.0 Å². The summed E-state index contributed by atoms with van der Waals surface area (Å²) < 4.78 is 1.96. The van der Waals surface area contributed by atoms with Crippen molar-refractivity contribution in [2.24, 2.45) is 0 Å². The van der Waals surface area contributed by atoms with Gasteiger partial charge in [-0.3, -0.25) is 0 Å². The summed E-state index contributed by atoms with van der Waals surface area (Å²) in [6.45, 7) is 6.67. The lowest BCUT2D eigenvalue weighted by molar-refractivity contribution is 0.627. The lowest BCUT2D eigenvalue weighted by Gasteiger charge is -2.07. The van der Waals surface area contributed by atoms with E-state index in [1.807, 2.05) is 29.0 Å². The van der Waals surface area contributed by atoms with Crippen molar-refractivity contribution < 1.29 is 0 Å². The Morgan fingerprint density at radius 1 is 1.05 bits per heavy atom. The van der Waals surface area contributed by atoms with Crippen molar-refractivity contribution in [3.8, 4) is 11.3 Å². The Morgan fingerprint density at radius 2 is 1.77 bits per heavy atom. The summed E-state index contributed by atoms with van der Waals surface area (Å²) in [4.78, 5) is 0. The Kier molecular flexibility index (Phi) is 4.15. The molecule has 1 heterocycles. The molecule has 0 aliphatic carbocycles. The SMILES string of the molecule is C=CCc1c(-c2ccc(C)cc2)nnn1Cc1ccccc1. The third-order valence-electron chi connectivity index (χ3n) is 3.68. The second-order valence-electron chi connectivity index (χ2n) is 5.39. The van der Waals surface area contributed by atoms with Crippen LogP contribution in [0.25, 0.3) is 11.3 Å². The van der Waals surface area contributed by atoms with Crippen molar-refractivity contribution in [2.45, 2.75) is 19.9 Å². The Balaban J connectivity index is 1.98. The van der Waals surface area contributed by atoms with E-state index in [9.17, 15) is 0 Å². The maximum absolute atomic E-state index is 4.40. The molecule has 2 aromatic carbocycles. The van der Waals surface area contributed by atoms with Crippen LogP contribution in [0, 0.1) is 6.92 Å². The Bertz CT molecular complexity index is 755. The summed E-state index contributed by atoms with van der Waals surface area (Å²) in [5.74, 6) is 0. The predicted molar refractivity (Wildman–Crippen MR) is 89.6 cm³/mol. The van der Waals surface area contributed by atoms with E-state index in [4.69, 9.17) is 0 Å². The third kappa shape index (κ3) is 2.98. The molecule has 3 heteroatoms. The molecule has 22 heavy (non-hydrogen) atoms. The largest absolute Gasteiger partial charge is 0.244 e. The van der Waals surface area contributed by atoms with E-state index in [1.54, 1.807) is 0 Å². The minimum Gasteiger partial charge on any atom is -0.244 e. The van der Waals surface area contributed by atoms with Crippen LogP contribution in [-0.2, 0) is 13.0 Å². The second-order valence-corrected chi connectivity index (χ2v) is 5.39. The zero-order valence-electron chi connectivity index (χ0n) is 12.7. The summed E-state index contributed by atoms with van der Waals surface area (Å²) in [6.07, 6.45) is 2.65. The summed E-state index contributed by atoms with van der Waals surface area (Å²) in [5.41, 5.74) is 5.60. The van der Waals surface area contributed by atoms with E-state index in [0.717, 1.165) is 29.9 Å². The van der Waals surface area contributed by atoms with E-state index in [2.05, 4.69) is 60.2 Å². The van der Waals surface area contributed by atoms with Gasteiger partial charge in [-0.05, 0) is 12.5 Å². The average Bonchev–Trinajstić information content (AvgIpc) is 2.92. The van der Waals surface area contributed by atoms with Crippen LogP contribution < -0.4 is 0 Å². The molecule has 0 unspecified atom stereocenters. The number of nitrogens with zero attached hydrogens (tertiary/aromatic N) is 3. The highest BCUT2D eigenvalue weighted by molar-refractivity contribution is 5.62. The number of benzene rings is 2. The molecule has 0 saturated carbocycles. The van der Waals surface area contributed by atoms with Crippen LogP contribution in [0.3, 0.4) is 0 Å². The highest BCUT2D eigenvalue weighted by Gasteiger charge is 2.13. The Labute approximate surface area is 130 Å². The summed E-state index contributed by atoms with van der Waals surface area (Å²) in [6, 6.07) is 18.7. The van der Waals surface area contributed by atoms with Crippen molar-refractivity contribution in [3.05, 3.63) is 84.1 Å². The predicted octanol–water partition coefficient (Wildman–Crippen LogP) is 4.03. The van der Waals surface area contributed by atoms with Gasteiger partial charge in [0.25, 0.3) is 0 Å². The fourth-order valence-corrected chi connectivity index (χ4v) is 2.49. The molecule has 3 aromatic rings. The molecule has 0 radical (unpaired) electrons. The summed E-state index contributed by atoms with van der Waals surface area (Å²) >= 11 is 0. The van der Waals surface area contributed by atoms with Crippen LogP contribution in [0.5, 0.6) is 0 Å². The molecule has 0 saturated heterocycles. The van der Waals surface area contributed by atoms with Gasteiger partial charge in [0.2, 0.25) is 0 Å². The first-order chi connectivity index (χ1) is 10.8. The van der Waals surface area contributed by atoms with Crippen LogP contribution in [0.1, 0.15) is 16.8 Å². The van der Waals surface area contributed by atoms with E-state index < -0.39 is 0 Å². The molecule has 0 fully saturated rings. The molecule has 0 N–H and O–H groups in total. The minimum absolute atomic E-state index is 0.725. The van der Waals surface area contributed by atoms with Gasteiger partial charge >= 0.3 is 0 Å². The molecular formula is C19H19N3. The quantitative estimate of drug-likeness (QED) is 0.664. The fraction of sp³-hybridized carbons (Fsp3) is 0.158. The number of allylic oxidation sites excluding steroid dienone is 1. The van der Waals surface area contributed by atoms with Crippen LogP contribution in [0.4, 0.5) is 0 Å². The van der Waals surface area contributed by atoms with Gasteiger partial charge in [-0.25, -0.2) is 4.68 Å². The van der Waals surface area contributed by atoms with E-state index >= 15 is 0 Å². The lowest BCUT2D eigenvalue weighted by Crippen LogP contribution is -2.06.